The fourth-order valence-electron chi connectivity index (χ4n) is 0.992. The first kappa shape index (κ1) is 5.93. The molecule has 9 heavy (non-hydrogen) atoms. The maximum Gasteiger partial charge on any atom is 0.0733 e. The summed E-state index contributed by atoms with van der Waals surface area (Å²) in [5.41, 5.74) is 1.53. The average Bonchev–Trinajstić information content (AvgIpc) is 2.58. The summed E-state index contributed by atoms with van der Waals surface area (Å²) < 4.78 is 1.34. The van der Waals surface area contributed by atoms with E-state index >= 15 is 0 Å². The SMILES string of the molecule is Brc1sccc1C1CC1. The normalized spacial score (nSPS) is 18.3. The number of hydrogen-bond donors (Lipinski definition) is 0. The first-order valence-corrected chi connectivity index (χ1v) is 4.78. The second-order valence-corrected chi connectivity index (χ2v) is 4.66. The molecule has 0 amide bonds. The third kappa shape index (κ3) is 1.06. The molecule has 1 fully saturated rings. The Morgan fingerprint density at radius 2 is 2.33 bits per heavy atom. The van der Waals surface area contributed by atoms with Crippen molar-refractivity contribution < 1.29 is 0 Å². The first-order chi connectivity index (χ1) is 4.38. The first-order valence-electron chi connectivity index (χ1n) is 3.11. The van der Waals surface area contributed by atoms with Crippen molar-refractivity contribution in [1.29, 1.82) is 0 Å². The molecule has 0 N–H and O–H groups in total. The molecule has 1 aliphatic rings. The van der Waals surface area contributed by atoms with Crippen LogP contribution in [-0.4, -0.2) is 0 Å². The summed E-state index contributed by atoms with van der Waals surface area (Å²) in [4.78, 5) is 0. The summed E-state index contributed by atoms with van der Waals surface area (Å²) >= 11 is 5.31. The van der Waals surface area contributed by atoms with Gasteiger partial charge in [-0.3, -0.25) is 0 Å². The molecule has 0 spiro atoms. The average molecular weight is 203 g/mol. The topological polar surface area (TPSA) is 0 Å². The van der Waals surface area contributed by atoms with Crippen LogP contribution in [0.5, 0.6) is 0 Å². The molecule has 1 heterocycles. The molecule has 2 heteroatoms. The molecule has 0 aliphatic heterocycles. The van der Waals surface area contributed by atoms with Crippen molar-refractivity contribution in [3.63, 3.8) is 0 Å². The molecule has 0 nitrogen and oxygen atoms in total. The zero-order valence-corrected chi connectivity index (χ0v) is 7.33. The van der Waals surface area contributed by atoms with Crippen LogP contribution in [0.1, 0.15) is 24.3 Å². The summed E-state index contributed by atoms with van der Waals surface area (Å²) in [5.74, 6) is 0.894. The van der Waals surface area contributed by atoms with Crippen LogP contribution < -0.4 is 0 Å². The highest BCUT2D eigenvalue weighted by molar-refractivity contribution is 9.11. The van der Waals surface area contributed by atoms with Crippen LogP contribution in [-0.2, 0) is 0 Å². The number of thiophene rings is 1. The smallest absolute Gasteiger partial charge is 0.0733 e. The lowest BCUT2D eigenvalue weighted by molar-refractivity contribution is 1.14. The zero-order valence-electron chi connectivity index (χ0n) is 4.93. The Bertz CT molecular complexity index is 212. The molecule has 0 saturated heterocycles. The van der Waals surface area contributed by atoms with Crippen molar-refractivity contribution in [2.24, 2.45) is 0 Å². The lowest BCUT2D eigenvalue weighted by atomic mass is 10.2. The predicted molar refractivity (Wildman–Crippen MR) is 44.0 cm³/mol. The van der Waals surface area contributed by atoms with Crippen molar-refractivity contribution in [1.82, 2.24) is 0 Å². The molecule has 0 radical (unpaired) electrons. The Hall–Kier alpha value is 0.180. The van der Waals surface area contributed by atoms with Crippen molar-refractivity contribution in [3.05, 3.63) is 20.8 Å². The number of rotatable bonds is 1. The third-order valence-corrected chi connectivity index (χ3v) is 3.40. The second-order valence-electron chi connectivity index (χ2n) is 2.42. The maximum atomic E-state index is 3.53. The van der Waals surface area contributed by atoms with Crippen LogP contribution in [0.3, 0.4) is 0 Å². The molecule has 1 aliphatic carbocycles. The monoisotopic (exact) mass is 202 g/mol. The fourth-order valence-corrected chi connectivity index (χ4v) is 2.48. The van der Waals surface area contributed by atoms with Crippen LogP contribution in [0.4, 0.5) is 0 Å². The van der Waals surface area contributed by atoms with E-state index in [0.29, 0.717) is 0 Å². The lowest BCUT2D eigenvalue weighted by Crippen LogP contribution is -1.70. The summed E-state index contributed by atoms with van der Waals surface area (Å²) in [5, 5.41) is 2.15. The largest absolute Gasteiger partial charge is 0.137 e. The zero-order chi connectivity index (χ0) is 6.27. The van der Waals surface area contributed by atoms with Crippen LogP contribution in [0.15, 0.2) is 15.2 Å². The molecular formula is C7H7BrS. The van der Waals surface area contributed by atoms with Gasteiger partial charge in [0, 0.05) is 0 Å². The van der Waals surface area contributed by atoms with Gasteiger partial charge in [0.1, 0.15) is 0 Å². The van der Waals surface area contributed by atoms with Crippen molar-refractivity contribution in [2.45, 2.75) is 18.8 Å². The van der Waals surface area contributed by atoms with E-state index in [-0.39, 0.29) is 0 Å². The van der Waals surface area contributed by atoms with Crippen molar-refractivity contribution in [2.75, 3.05) is 0 Å². The van der Waals surface area contributed by atoms with Gasteiger partial charge in [-0.05, 0) is 51.7 Å². The number of hydrogen-bond acceptors (Lipinski definition) is 1. The van der Waals surface area contributed by atoms with E-state index in [4.69, 9.17) is 0 Å². The van der Waals surface area contributed by atoms with Crippen LogP contribution in [0.25, 0.3) is 0 Å². The minimum Gasteiger partial charge on any atom is -0.137 e. The van der Waals surface area contributed by atoms with E-state index in [1.807, 2.05) is 0 Å². The molecule has 1 aromatic rings. The van der Waals surface area contributed by atoms with Gasteiger partial charge in [-0.25, -0.2) is 0 Å². The van der Waals surface area contributed by atoms with Gasteiger partial charge in [-0.15, -0.1) is 11.3 Å². The highest BCUT2D eigenvalue weighted by Crippen LogP contribution is 2.44. The molecule has 0 unspecified atom stereocenters. The molecule has 2 rings (SSSR count). The minimum absolute atomic E-state index is 0.894. The molecule has 0 atom stereocenters. The number of halogens is 1. The van der Waals surface area contributed by atoms with E-state index in [1.54, 1.807) is 11.3 Å². The molecule has 48 valence electrons. The molecular weight excluding hydrogens is 196 g/mol. The van der Waals surface area contributed by atoms with Gasteiger partial charge in [0.2, 0.25) is 0 Å². The van der Waals surface area contributed by atoms with Gasteiger partial charge in [0.05, 0.1) is 3.79 Å². The fraction of sp³-hybridized carbons (Fsp3) is 0.429. The summed E-state index contributed by atoms with van der Waals surface area (Å²) in [6.45, 7) is 0. The van der Waals surface area contributed by atoms with Crippen LogP contribution >= 0.6 is 27.3 Å². The molecule has 1 saturated carbocycles. The standard InChI is InChI=1S/C7H7BrS/c8-7-6(3-4-9-7)5-1-2-5/h3-5H,1-2H2. The Labute approximate surface area is 67.0 Å². The highest BCUT2D eigenvalue weighted by Gasteiger charge is 2.25. The van der Waals surface area contributed by atoms with E-state index in [2.05, 4.69) is 27.4 Å². The van der Waals surface area contributed by atoms with Gasteiger partial charge >= 0.3 is 0 Å². The Balaban J connectivity index is 2.35. The van der Waals surface area contributed by atoms with Gasteiger partial charge in [-0.2, -0.15) is 0 Å². The van der Waals surface area contributed by atoms with E-state index in [0.717, 1.165) is 5.92 Å². The van der Waals surface area contributed by atoms with E-state index in [9.17, 15) is 0 Å². The van der Waals surface area contributed by atoms with Gasteiger partial charge < -0.3 is 0 Å². The van der Waals surface area contributed by atoms with Gasteiger partial charge in [0.15, 0.2) is 0 Å². The lowest BCUT2D eigenvalue weighted by Gasteiger charge is -1.88. The quantitative estimate of drug-likeness (QED) is 0.656. The van der Waals surface area contributed by atoms with Crippen LogP contribution in [0, 0.1) is 0 Å². The Morgan fingerprint density at radius 1 is 1.56 bits per heavy atom. The summed E-state index contributed by atoms with van der Waals surface area (Å²) in [6.07, 6.45) is 2.80. The van der Waals surface area contributed by atoms with Crippen molar-refractivity contribution in [3.8, 4) is 0 Å². The maximum absolute atomic E-state index is 3.53. The summed E-state index contributed by atoms with van der Waals surface area (Å²) in [7, 11) is 0. The highest BCUT2D eigenvalue weighted by atomic mass is 79.9. The van der Waals surface area contributed by atoms with Crippen molar-refractivity contribution >= 4 is 27.3 Å². The predicted octanol–water partition coefficient (Wildman–Crippen LogP) is 3.39. The molecule has 0 aromatic carbocycles. The molecule has 0 bridgehead atoms. The molecule has 1 aromatic heterocycles. The van der Waals surface area contributed by atoms with E-state index < -0.39 is 0 Å². The van der Waals surface area contributed by atoms with E-state index in [1.165, 1.54) is 22.2 Å². The summed E-state index contributed by atoms with van der Waals surface area (Å²) in [6, 6.07) is 2.23. The Morgan fingerprint density at radius 3 is 2.78 bits per heavy atom. The van der Waals surface area contributed by atoms with Gasteiger partial charge in [0.25, 0.3) is 0 Å². The second kappa shape index (κ2) is 2.10. The van der Waals surface area contributed by atoms with Crippen LogP contribution in [0.2, 0.25) is 0 Å². The Kier molecular flexibility index (Phi) is 1.38. The van der Waals surface area contributed by atoms with Gasteiger partial charge in [-0.1, -0.05) is 0 Å². The minimum atomic E-state index is 0.894. The third-order valence-electron chi connectivity index (χ3n) is 1.66.